The number of halogens is 1. The number of Topliss-reactive ketones (excluding diaryl/α,β-unsaturated/α-hetero) is 1. The molecule has 1 aromatic rings. The lowest BCUT2D eigenvalue weighted by Crippen LogP contribution is -2.04. The number of nitro groups is 1. The molecule has 4 nitrogen and oxygen atoms in total. The highest BCUT2D eigenvalue weighted by atomic mass is 79.9. The summed E-state index contributed by atoms with van der Waals surface area (Å²) < 4.78 is 0. The van der Waals surface area contributed by atoms with Gasteiger partial charge in [0.15, 0.2) is 5.78 Å². The summed E-state index contributed by atoms with van der Waals surface area (Å²) in [4.78, 5) is 21.4. The topological polar surface area (TPSA) is 60.2 Å². The van der Waals surface area contributed by atoms with Gasteiger partial charge in [-0.1, -0.05) is 22.0 Å². The quantitative estimate of drug-likeness (QED) is 0.362. The van der Waals surface area contributed by atoms with Crippen LogP contribution in [0.1, 0.15) is 15.9 Å². The first-order valence-corrected chi connectivity index (χ1v) is 5.02. The third kappa shape index (κ3) is 2.17. The Kier molecular flexibility index (Phi) is 3.35. The molecule has 0 saturated heterocycles. The van der Waals surface area contributed by atoms with Gasteiger partial charge in [0.1, 0.15) is 0 Å². The van der Waals surface area contributed by atoms with Crippen LogP contribution in [-0.4, -0.2) is 16.0 Å². The van der Waals surface area contributed by atoms with Gasteiger partial charge in [-0.15, -0.1) is 0 Å². The average Bonchev–Trinajstić information content (AvgIpc) is 2.16. The first kappa shape index (κ1) is 10.8. The molecule has 0 unspecified atom stereocenters. The van der Waals surface area contributed by atoms with Gasteiger partial charge in [-0.25, -0.2) is 0 Å². The molecule has 0 atom stereocenters. The van der Waals surface area contributed by atoms with E-state index >= 15 is 0 Å². The number of hydrogen-bond acceptors (Lipinski definition) is 3. The third-order valence-corrected chi connectivity index (χ3v) is 2.28. The lowest BCUT2D eigenvalue weighted by Gasteiger charge is -2.00. The number of alkyl halides is 1. The van der Waals surface area contributed by atoms with E-state index in [1.165, 1.54) is 12.1 Å². The maximum absolute atomic E-state index is 11.3. The van der Waals surface area contributed by atoms with Gasteiger partial charge in [0.05, 0.1) is 15.8 Å². The minimum Gasteiger partial charge on any atom is -0.293 e. The van der Waals surface area contributed by atoms with Crippen molar-refractivity contribution >= 4 is 27.4 Å². The van der Waals surface area contributed by atoms with Crippen LogP contribution in [0.5, 0.6) is 0 Å². The number of nitro benzene ring substituents is 1. The molecule has 0 saturated carbocycles. The lowest BCUT2D eigenvalue weighted by molar-refractivity contribution is -0.385. The minimum absolute atomic E-state index is 0.0941. The van der Waals surface area contributed by atoms with E-state index in [9.17, 15) is 14.9 Å². The van der Waals surface area contributed by atoms with Crippen LogP contribution in [0.2, 0.25) is 0 Å². The van der Waals surface area contributed by atoms with Gasteiger partial charge in [0.25, 0.3) is 5.69 Å². The number of benzene rings is 1. The molecule has 1 aromatic carbocycles. The van der Waals surface area contributed by atoms with Gasteiger partial charge in [-0.3, -0.25) is 14.9 Å². The molecule has 5 heteroatoms. The molecule has 0 fully saturated rings. The van der Waals surface area contributed by atoms with Gasteiger partial charge in [0, 0.05) is 6.07 Å². The summed E-state index contributed by atoms with van der Waals surface area (Å²) in [5, 5.41) is 10.7. The van der Waals surface area contributed by atoms with Crippen LogP contribution in [0.15, 0.2) is 18.2 Å². The molecule has 0 aliphatic carbocycles. The normalized spacial score (nSPS) is 9.86. The fourth-order valence-corrected chi connectivity index (χ4v) is 1.40. The summed E-state index contributed by atoms with van der Waals surface area (Å²) in [5.74, 6) is -0.281. The van der Waals surface area contributed by atoms with E-state index in [0.717, 1.165) is 5.56 Å². The average molecular weight is 258 g/mol. The maximum atomic E-state index is 11.3. The number of aryl methyl sites for hydroxylation is 1. The van der Waals surface area contributed by atoms with Crippen LogP contribution in [-0.2, 0) is 0 Å². The lowest BCUT2D eigenvalue weighted by atomic mass is 10.1. The Bertz CT molecular complexity index is 390. The highest BCUT2D eigenvalue weighted by molar-refractivity contribution is 9.09. The van der Waals surface area contributed by atoms with E-state index in [4.69, 9.17) is 0 Å². The second-order valence-electron chi connectivity index (χ2n) is 2.83. The van der Waals surface area contributed by atoms with Gasteiger partial charge >= 0.3 is 0 Å². The summed E-state index contributed by atoms with van der Waals surface area (Å²) in [6, 6.07) is 4.57. The second kappa shape index (κ2) is 4.32. The third-order valence-electron chi connectivity index (χ3n) is 1.77. The Hall–Kier alpha value is -1.23. The van der Waals surface area contributed by atoms with Crippen LogP contribution < -0.4 is 0 Å². The molecular formula is C9H8BrNO3. The van der Waals surface area contributed by atoms with Crippen LogP contribution in [0.25, 0.3) is 0 Å². The van der Waals surface area contributed by atoms with E-state index < -0.39 is 4.92 Å². The predicted molar refractivity (Wildman–Crippen MR) is 56.0 cm³/mol. The monoisotopic (exact) mass is 257 g/mol. The number of carbonyl (C=O) groups excluding carboxylic acids is 1. The van der Waals surface area contributed by atoms with E-state index in [1.54, 1.807) is 13.0 Å². The number of hydrogen-bond donors (Lipinski definition) is 0. The van der Waals surface area contributed by atoms with Crippen molar-refractivity contribution in [3.8, 4) is 0 Å². The zero-order chi connectivity index (χ0) is 10.7. The number of ketones is 1. The molecule has 0 amide bonds. The Balaban J connectivity index is 3.28. The first-order chi connectivity index (χ1) is 6.56. The molecule has 0 aromatic heterocycles. The summed E-state index contributed by atoms with van der Waals surface area (Å²) in [7, 11) is 0. The first-order valence-electron chi connectivity index (χ1n) is 3.90. The number of rotatable bonds is 3. The zero-order valence-corrected chi connectivity index (χ0v) is 9.08. The van der Waals surface area contributed by atoms with Crippen molar-refractivity contribution in [2.75, 3.05) is 5.33 Å². The Morgan fingerprint density at radius 2 is 2.21 bits per heavy atom. The van der Waals surface area contributed by atoms with Crippen molar-refractivity contribution in [2.24, 2.45) is 0 Å². The van der Waals surface area contributed by atoms with Crippen molar-refractivity contribution in [3.63, 3.8) is 0 Å². The largest absolute Gasteiger partial charge is 0.293 e. The maximum Gasteiger partial charge on any atom is 0.280 e. The van der Waals surface area contributed by atoms with Crippen LogP contribution >= 0.6 is 15.9 Å². The Morgan fingerprint density at radius 3 is 2.71 bits per heavy atom. The second-order valence-corrected chi connectivity index (χ2v) is 3.40. The van der Waals surface area contributed by atoms with Gasteiger partial charge in [-0.2, -0.15) is 0 Å². The minimum atomic E-state index is -0.539. The molecular weight excluding hydrogens is 250 g/mol. The molecule has 0 radical (unpaired) electrons. The van der Waals surface area contributed by atoms with Crippen molar-refractivity contribution in [2.45, 2.75) is 6.92 Å². The van der Waals surface area contributed by atoms with Crippen LogP contribution in [0.3, 0.4) is 0 Å². The van der Waals surface area contributed by atoms with E-state index in [2.05, 4.69) is 15.9 Å². The van der Waals surface area contributed by atoms with E-state index in [0.29, 0.717) is 0 Å². The van der Waals surface area contributed by atoms with E-state index in [1.807, 2.05) is 0 Å². The van der Waals surface area contributed by atoms with Gasteiger partial charge < -0.3 is 0 Å². The fourth-order valence-electron chi connectivity index (χ4n) is 1.10. The standard InChI is InChI=1S/C9H8BrNO3/c1-6-2-3-7(9(12)5-10)8(4-6)11(13)14/h2-4H,5H2,1H3. The highest BCUT2D eigenvalue weighted by Gasteiger charge is 2.18. The summed E-state index contributed by atoms with van der Waals surface area (Å²) >= 11 is 2.98. The molecule has 0 spiro atoms. The zero-order valence-electron chi connectivity index (χ0n) is 7.49. The van der Waals surface area contributed by atoms with Crippen molar-refractivity contribution in [1.82, 2.24) is 0 Å². The smallest absolute Gasteiger partial charge is 0.280 e. The summed E-state index contributed by atoms with van der Waals surface area (Å²) in [6.45, 7) is 1.75. The van der Waals surface area contributed by atoms with E-state index in [-0.39, 0.29) is 22.4 Å². The molecule has 0 heterocycles. The van der Waals surface area contributed by atoms with Gasteiger partial charge in [0.2, 0.25) is 0 Å². The summed E-state index contributed by atoms with van der Waals surface area (Å²) in [6.07, 6.45) is 0. The molecule has 14 heavy (non-hydrogen) atoms. The van der Waals surface area contributed by atoms with Gasteiger partial charge in [-0.05, 0) is 18.6 Å². The molecule has 1 rings (SSSR count). The molecule has 0 N–H and O–H groups in total. The molecule has 0 aliphatic rings. The number of nitrogens with zero attached hydrogens (tertiary/aromatic N) is 1. The summed E-state index contributed by atoms with van der Waals surface area (Å²) in [5.41, 5.74) is 0.787. The van der Waals surface area contributed by atoms with Crippen LogP contribution in [0.4, 0.5) is 5.69 Å². The Labute approximate surface area is 89.2 Å². The Morgan fingerprint density at radius 1 is 1.57 bits per heavy atom. The molecule has 74 valence electrons. The fraction of sp³-hybridized carbons (Fsp3) is 0.222. The molecule has 0 aliphatic heterocycles. The van der Waals surface area contributed by atoms with Crippen molar-refractivity contribution < 1.29 is 9.72 Å². The van der Waals surface area contributed by atoms with Crippen LogP contribution in [0, 0.1) is 17.0 Å². The van der Waals surface area contributed by atoms with Crippen molar-refractivity contribution in [3.05, 3.63) is 39.4 Å². The highest BCUT2D eigenvalue weighted by Crippen LogP contribution is 2.20. The molecule has 0 bridgehead atoms. The predicted octanol–water partition coefficient (Wildman–Crippen LogP) is 2.48. The number of carbonyl (C=O) groups is 1. The SMILES string of the molecule is Cc1ccc(C(=O)CBr)c([N+](=O)[O-])c1. The van der Waals surface area contributed by atoms with Crippen molar-refractivity contribution in [1.29, 1.82) is 0 Å².